The summed E-state index contributed by atoms with van der Waals surface area (Å²) in [7, 11) is 0. The van der Waals surface area contributed by atoms with Crippen molar-refractivity contribution in [3.63, 3.8) is 0 Å². The monoisotopic (exact) mass is 301 g/mol. The van der Waals surface area contributed by atoms with E-state index < -0.39 is 0 Å². The van der Waals surface area contributed by atoms with Gasteiger partial charge >= 0.3 is 0 Å². The molecule has 1 amide bonds. The topological polar surface area (TPSA) is 49.8 Å². The summed E-state index contributed by atoms with van der Waals surface area (Å²) in [5, 5.41) is 10.0. The Bertz CT molecular complexity index is 555. The molecule has 1 saturated heterocycles. The average molecular weight is 301 g/mol. The van der Waals surface area contributed by atoms with E-state index in [4.69, 9.17) is 4.74 Å². The molecule has 118 valence electrons. The summed E-state index contributed by atoms with van der Waals surface area (Å²) in [4.78, 5) is 14.6. The minimum Gasteiger partial charge on any atom is -0.501 e. The van der Waals surface area contributed by atoms with Gasteiger partial charge < -0.3 is 14.7 Å². The lowest BCUT2D eigenvalue weighted by Crippen LogP contribution is -2.50. The first kappa shape index (κ1) is 15.1. The Balaban J connectivity index is 1.81. The van der Waals surface area contributed by atoms with E-state index in [0.717, 1.165) is 43.4 Å². The zero-order valence-electron chi connectivity index (χ0n) is 12.8. The maximum atomic E-state index is 12.7. The minimum atomic E-state index is -0.342. The Hall–Kier alpha value is -1.81. The molecule has 4 heteroatoms. The smallest absolute Gasteiger partial charge is 0.252 e. The van der Waals surface area contributed by atoms with Gasteiger partial charge in [0, 0.05) is 18.5 Å². The molecular weight excluding hydrogens is 278 g/mol. The van der Waals surface area contributed by atoms with E-state index in [9.17, 15) is 9.90 Å². The lowest BCUT2D eigenvalue weighted by Gasteiger charge is -2.42. The molecule has 2 heterocycles. The van der Waals surface area contributed by atoms with Crippen molar-refractivity contribution in [2.24, 2.45) is 0 Å². The summed E-state index contributed by atoms with van der Waals surface area (Å²) in [5.41, 5.74) is 1.53. The number of nitrogens with zero attached hydrogens (tertiary/aromatic N) is 1. The lowest BCUT2D eigenvalue weighted by molar-refractivity contribution is -0.130. The Morgan fingerprint density at radius 2 is 2.09 bits per heavy atom. The number of hydrogen-bond acceptors (Lipinski definition) is 3. The van der Waals surface area contributed by atoms with Crippen molar-refractivity contribution in [2.45, 2.75) is 31.1 Å². The maximum absolute atomic E-state index is 12.7. The van der Waals surface area contributed by atoms with Crippen LogP contribution >= 0.6 is 0 Å². The maximum Gasteiger partial charge on any atom is 0.252 e. The van der Waals surface area contributed by atoms with Gasteiger partial charge in [-0.1, -0.05) is 30.3 Å². The van der Waals surface area contributed by atoms with E-state index in [2.05, 4.69) is 0 Å². The Kier molecular flexibility index (Phi) is 4.48. The number of carbonyl (C=O) groups excluding carboxylic acids is 1. The van der Waals surface area contributed by atoms with Crippen molar-refractivity contribution in [1.82, 2.24) is 4.90 Å². The highest BCUT2D eigenvalue weighted by atomic mass is 16.5. The van der Waals surface area contributed by atoms with Crippen LogP contribution in [0.5, 0.6) is 0 Å². The second-order valence-electron chi connectivity index (χ2n) is 6.25. The molecule has 1 unspecified atom stereocenters. The van der Waals surface area contributed by atoms with Crippen LogP contribution in [0.25, 0.3) is 0 Å². The second-order valence-corrected chi connectivity index (χ2v) is 6.25. The van der Waals surface area contributed by atoms with E-state index in [0.29, 0.717) is 13.2 Å². The molecular formula is C18H23NO3. The number of piperidine rings is 1. The van der Waals surface area contributed by atoms with Crippen LogP contribution in [0.2, 0.25) is 0 Å². The number of hydrogen-bond donors (Lipinski definition) is 1. The van der Waals surface area contributed by atoms with Gasteiger partial charge in [0.05, 0.1) is 25.0 Å². The van der Waals surface area contributed by atoms with Crippen molar-refractivity contribution in [3.8, 4) is 0 Å². The van der Waals surface area contributed by atoms with Gasteiger partial charge in [-0.25, -0.2) is 0 Å². The average Bonchev–Trinajstić information content (AvgIpc) is 2.62. The first-order valence-electron chi connectivity index (χ1n) is 8.01. The minimum absolute atomic E-state index is 0.0631. The molecule has 0 aromatic heterocycles. The molecule has 4 nitrogen and oxygen atoms in total. The number of carbonyl (C=O) groups is 1. The summed E-state index contributed by atoms with van der Waals surface area (Å²) in [6.07, 6.45) is 5.12. The highest BCUT2D eigenvalue weighted by molar-refractivity contribution is 5.93. The fourth-order valence-electron chi connectivity index (χ4n) is 3.48. The van der Waals surface area contributed by atoms with Gasteiger partial charge in [0.15, 0.2) is 0 Å². The van der Waals surface area contributed by atoms with Gasteiger partial charge in [-0.2, -0.15) is 0 Å². The highest BCUT2D eigenvalue weighted by Crippen LogP contribution is 2.34. The SMILES string of the molecule is O=C(C1=COCCC1)N1CCCC(CO)(c2ccccc2)C1. The van der Waals surface area contributed by atoms with Crippen LogP contribution in [0.3, 0.4) is 0 Å². The van der Waals surface area contributed by atoms with Gasteiger partial charge in [-0.3, -0.25) is 4.79 Å². The van der Waals surface area contributed by atoms with Gasteiger partial charge in [0.2, 0.25) is 0 Å². The molecule has 22 heavy (non-hydrogen) atoms. The molecule has 0 bridgehead atoms. The number of likely N-dealkylation sites (tertiary alicyclic amines) is 1. The molecule has 3 rings (SSSR count). The van der Waals surface area contributed by atoms with Crippen LogP contribution in [-0.2, 0) is 14.9 Å². The second kappa shape index (κ2) is 6.53. The van der Waals surface area contributed by atoms with Crippen LogP contribution in [0.15, 0.2) is 42.2 Å². The van der Waals surface area contributed by atoms with Crippen molar-refractivity contribution >= 4 is 5.91 Å². The van der Waals surface area contributed by atoms with E-state index in [-0.39, 0.29) is 17.9 Å². The highest BCUT2D eigenvalue weighted by Gasteiger charge is 2.38. The predicted octanol–water partition coefficient (Wildman–Crippen LogP) is 2.23. The fraction of sp³-hybridized carbons (Fsp3) is 0.500. The molecule has 2 aliphatic rings. The molecule has 1 aromatic rings. The van der Waals surface area contributed by atoms with Crippen LogP contribution in [0.1, 0.15) is 31.2 Å². The quantitative estimate of drug-likeness (QED) is 0.931. The first-order valence-corrected chi connectivity index (χ1v) is 8.01. The van der Waals surface area contributed by atoms with E-state index in [1.54, 1.807) is 6.26 Å². The van der Waals surface area contributed by atoms with Gasteiger partial charge in [0.1, 0.15) is 0 Å². The zero-order chi connectivity index (χ0) is 15.4. The normalized spacial score (nSPS) is 25.3. The van der Waals surface area contributed by atoms with E-state index in [1.165, 1.54) is 0 Å². The molecule has 0 aliphatic carbocycles. The van der Waals surface area contributed by atoms with Crippen molar-refractivity contribution in [2.75, 3.05) is 26.3 Å². The van der Waals surface area contributed by atoms with Gasteiger partial charge in [0.25, 0.3) is 5.91 Å². The lowest BCUT2D eigenvalue weighted by atomic mass is 9.74. The summed E-state index contributed by atoms with van der Waals surface area (Å²) in [6.45, 7) is 2.09. The summed E-state index contributed by atoms with van der Waals surface area (Å²) in [5.74, 6) is 0.0631. The molecule has 1 atom stereocenters. The first-order chi connectivity index (χ1) is 10.7. The number of ether oxygens (including phenoxy) is 1. The molecule has 2 aliphatic heterocycles. The number of aliphatic hydroxyl groups excluding tert-OH is 1. The Morgan fingerprint density at radius 3 is 2.77 bits per heavy atom. The van der Waals surface area contributed by atoms with E-state index in [1.807, 2.05) is 35.2 Å². The number of amides is 1. The number of aliphatic hydroxyl groups is 1. The van der Waals surface area contributed by atoms with Gasteiger partial charge in [-0.05, 0) is 31.2 Å². The third kappa shape index (κ3) is 2.88. The molecule has 1 aromatic carbocycles. The van der Waals surface area contributed by atoms with Crippen LogP contribution in [0, 0.1) is 0 Å². The molecule has 1 fully saturated rings. The summed E-state index contributed by atoms with van der Waals surface area (Å²) in [6, 6.07) is 10.1. The molecule has 0 spiro atoms. The number of benzene rings is 1. The van der Waals surface area contributed by atoms with Crippen molar-refractivity contribution < 1.29 is 14.6 Å². The van der Waals surface area contributed by atoms with E-state index >= 15 is 0 Å². The van der Waals surface area contributed by atoms with Crippen molar-refractivity contribution in [1.29, 1.82) is 0 Å². The predicted molar refractivity (Wildman–Crippen MR) is 84.3 cm³/mol. The standard InChI is InChI=1S/C18H23NO3/c20-14-18(16-7-2-1-3-8-16)9-5-10-19(13-18)17(21)15-6-4-11-22-12-15/h1-3,7-8,12,20H,4-6,9-11,13-14H2. The molecule has 0 saturated carbocycles. The third-order valence-corrected chi connectivity index (χ3v) is 4.76. The third-order valence-electron chi connectivity index (χ3n) is 4.76. The Labute approximate surface area is 131 Å². The van der Waals surface area contributed by atoms with Crippen LogP contribution < -0.4 is 0 Å². The molecule has 0 radical (unpaired) electrons. The number of rotatable bonds is 3. The molecule has 1 N–H and O–H groups in total. The van der Waals surface area contributed by atoms with Crippen LogP contribution in [-0.4, -0.2) is 42.2 Å². The Morgan fingerprint density at radius 1 is 1.27 bits per heavy atom. The van der Waals surface area contributed by atoms with Crippen LogP contribution in [0.4, 0.5) is 0 Å². The fourth-order valence-corrected chi connectivity index (χ4v) is 3.48. The van der Waals surface area contributed by atoms with Crippen molar-refractivity contribution in [3.05, 3.63) is 47.7 Å². The summed E-state index contributed by atoms with van der Waals surface area (Å²) < 4.78 is 5.30. The van der Waals surface area contributed by atoms with Gasteiger partial charge in [-0.15, -0.1) is 0 Å². The largest absolute Gasteiger partial charge is 0.501 e. The zero-order valence-corrected chi connectivity index (χ0v) is 12.8. The summed E-state index contributed by atoms with van der Waals surface area (Å²) >= 11 is 0.